The number of carbonyl (C=O) groups excluding carboxylic acids is 1. The van der Waals surface area contributed by atoms with Crippen molar-refractivity contribution in [2.75, 3.05) is 43.1 Å². The number of aliphatic hydroxyl groups excluding tert-OH is 1. The lowest BCUT2D eigenvalue weighted by Gasteiger charge is -2.28. The van der Waals surface area contributed by atoms with Gasteiger partial charge in [-0.25, -0.2) is 14.8 Å². The summed E-state index contributed by atoms with van der Waals surface area (Å²) in [4.78, 5) is 37.1. The number of pyridine rings is 3. The minimum absolute atomic E-state index is 0.0447. The predicted molar refractivity (Wildman–Crippen MR) is 169 cm³/mol. The number of nitrogens with zero attached hydrogens (tertiary/aromatic N) is 4. The van der Waals surface area contributed by atoms with E-state index in [0.29, 0.717) is 46.6 Å². The summed E-state index contributed by atoms with van der Waals surface area (Å²) in [6, 6.07) is 10.3. The first-order chi connectivity index (χ1) is 20.8. The quantitative estimate of drug-likeness (QED) is 0.119. The van der Waals surface area contributed by atoms with Gasteiger partial charge in [0.2, 0.25) is 11.3 Å². The van der Waals surface area contributed by atoms with Crippen LogP contribution in [0.3, 0.4) is 0 Å². The molecule has 0 amide bonds. The van der Waals surface area contributed by atoms with Gasteiger partial charge < -0.3 is 29.4 Å². The van der Waals surface area contributed by atoms with E-state index in [-0.39, 0.29) is 41.2 Å². The van der Waals surface area contributed by atoms with Crippen molar-refractivity contribution in [2.45, 2.75) is 32.2 Å². The van der Waals surface area contributed by atoms with Crippen LogP contribution in [-0.2, 0) is 4.74 Å². The molecular weight excluding hydrogens is 617 g/mol. The third-order valence-electron chi connectivity index (χ3n) is 7.11. The summed E-state index contributed by atoms with van der Waals surface area (Å²) in [6.07, 6.45) is 5.46. The highest BCUT2D eigenvalue weighted by atomic mass is 35.5. The molecule has 1 aliphatic heterocycles. The fraction of sp³-hybridized carbons (Fsp3) is 0.333. The van der Waals surface area contributed by atoms with E-state index < -0.39 is 11.4 Å². The molecule has 1 aliphatic rings. The third-order valence-corrected chi connectivity index (χ3v) is 7.91. The van der Waals surface area contributed by atoms with E-state index in [1.807, 2.05) is 12.1 Å². The molecule has 3 aromatic heterocycles. The number of rotatable bonds is 11. The van der Waals surface area contributed by atoms with E-state index >= 15 is 0 Å². The van der Waals surface area contributed by atoms with Crippen molar-refractivity contribution in [2.24, 2.45) is 0 Å². The number of aromatic nitrogens is 3. The lowest BCUT2D eigenvalue weighted by atomic mass is 10.1. The first-order valence-corrected chi connectivity index (χ1v) is 15.0. The van der Waals surface area contributed by atoms with Gasteiger partial charge in [0.25, 0.3) is 0 Å². The molecule has 1 fully saturated rings. The minimum atomic E-state index is -0.719. The number of benzene rings is 1. The molecule has 0 spiro atoms. The Labute approximate surface area is 263 Å². The second-order valence-electron chi connectivity index (χ2n) is 9.91. The van der Waals surface area contributed by atoms with Gasteiger partial charge in [0.15, 0.2) is 0 Å². The van der Waals surface area contributed by atoms with E-state index in [9.17, 15) is 9.59 Å². The molecule has 0 saturated carbocycles. The van der Waals surface area contributed by atoms with Gasteiger partial charge in [-0.1, -0.05) is 34.8 Å². The molecule has 43 heavy (non-hydrogen) atoms. The van der Waals surface area contributed by atoms with Crippen LogP contribution in [0, 0.1) is 0 Å². The number of nitrogens with one attached hydrogen (secondary N) is 1. The van der Waals surface area contributed by atoms with Crippen molar-refractivity contribution in [1.82, 2.24) is 14.5 Å². The second kappa shape index (κ2) is 13.8. The Morgan fingerprint density at radius 3 is 2.74 bits per heavy atom. The molecule has 4 heterocycles. The summed E-state index contributed by atoms with van der Waals surface area (Å²) >= 11 is 19.1. The van der Waals surface area contributed by atoms with E-state index in [2.05, 4.69) is 20.2 Å². The number of ether oxygens (including phenoxy) is 2. The number of fused-ring (bicyclic) bond motifs is 1. The number of esters is 1. The topological polar surface area (TPSA) is 119 Å². The molecule has 1 saturated heterocycles. The Kier molecular flexibility index (Phi) is 9.92. The van der Waals surface area contributed by atoms with Gasteiger partial charge in [0.1, 0.15) is 28.2 Å². The second-order valence-corrected chi connectivity index (χ2v) is 11.1. The SMILES string of the molecule is CCOC(=O)c1cn(-c2ccc(NCCCO)nc2)c2cc(N3CCC[C@@H]3COc3nc(Cl)ccc3Cl)c(Cl)cc2c1=O. The minimum Gasteiger partial charge on any atom is -0.474 e. The summed E-state index contributed by atoms with van der Waals surface area (Å²) in [5.74, 6) is 0.169. The molecule has 10 nitrogen and oxygen atoms in total. The highest BCUT2D eigenvalue weighted by Crippen LogP contribution is 2.36. The van der Waals surface area contributed by atoms with Crippen LogP contribution in [0.5, 0.6) is 5.88 Å². The van der Waals surface area contributed by atoms with Crippen LogP contribution in [0.2, 0.25) is 15.2 Å². The van der Waals surface area contributed by atoms with Gasteiger partial charge in [0, 0.05) is 31.3 Å². The predicted octanol–water partition coefficient (Wildman–Crippen LogP) is 5.76. The monoisotopic (exact) mass is 645 g/mol. The van der Waals surface area contributed by atoms with Gasteiger partial charge in [-0.15, -0.1) is 0 Å². The first kappa shape index (κ1) is 30.9. The molecule has 0 radical (unpaired) electrons. The molecule has 4 aromatic rings. The molecule has 2 N–H and O–H groups in total. The van der Waals surface area contributed by atoms with Crippen molar-refractivity contribution >= 4 is 63.2 Å². The van der Waals surface area contributed by atoms with Gasteiger partial charge in [-0.05, 0) is 62.6 Å². The molecule has 0 bridgehead atoms. The number of aliphatic hydroxyl groups is 1. The molecule has 0 aliphatic carbocycles. The maximum atomic E-state index is 13.5. The van der Waals surface area contributed by atoms with E-state index in [4.69, 9.17) is 49.4 Å². The van der Waals surface area contributed by atoms with Crippen LogP contribution in [0.1, 0.15) is 36.5 Å². The summed E-state index contributed by atoms with van der Waals surface area (Å²) in [5.41, 5.74) is 1.31. The summed E-state index contributed by atoms with van der Waals surface area (Å²) in [5, 5.41) is 13.5. The zero-order valence-electron chi connectivity index (χ0n) is 23.4. The van der Waals surface area contributed by atoms with Crippen molar-refractivity contribution in [3.63, 3.8) is 0 Å². The molecule has 5 rings (SSSR count). The Morgan fingerprint density at radius 2 is 2.00 bits per heavy atom. The first-order valence-electron chi connectivity index (χ1n) is 13.9. The smallest absolute Gasteiger partial charge is 0.343 e. The van der Waals surface area contributed by atoms with Crippen LogP contribution >= 0.6 is 34.8 Å². The maximum absolute atomic E-state index is 13.5. The largest absolute Gasteiger partial charge is 0.474 e. The summed E-state index contributed by atoms with van der Waals surface area (Å²) in [7, 11) is 0. The molecule has 226 valence electrons. The highest BCUT2D eigenvalue weighted by molar-refractivity contribution is 6.34. The fourth-order valence-electron chi connectivity index (χ4n) is 5.05. The third kappa shape index (κ3) is 6.83. The van der Waals surface area contributed by atoms with E-state index in [1.165, 1.54) is 6.20 Å². The molecular formula is C30H30Cl3N5O5. The molecule has 13 heteroatoms. The van der Waals surface area contributed by atoms with Crippen LogP contribution in [-0.4, -0.2) is 64.6 Å². The van der Waals surface area contributed by atoms with Gasteiger partial charge >= 0.3 is 5.97 Å². The number of hydrogen-bond donors (Lipinski definition) is 2. The van der Waals surface area contributed by atoms with Crippen molar-refractivity contribution in [1.29, 1.82) is 0 Å². The van der Waals surface area contributed by atoms with Crippen LogP contribution in [0.4, 0.5) is 11.5 Å². The molecule has 0 unspecified atom stereocenters. The zero-order valence-corrected chi connectivity index (χ0v) is 25.6. The van der Waals surface area contributed by atoms with E-state index in [0.717, 1.165) is 25.1 Å². The normalized spacial score (nSPS) is 14.7. The molecule has 1 aromatic carbocycles. The van der Waals surface area contributed by atoms with Crippen molar-refractivity contribution in [3.05, 3.63) is 79.8 Å². The Balaban J connectivity index is 1.55. The van der Waals surface area contributed by atoms with Gasteiger partial charge in [-0.3, -0.25) is 4.79 Å². The maximum Gasteiger partial charge on any atom is 0.343 e. The van der Waals surface area contributed by atoms with Crippen LogP contribution < -0.4 is 20.4 Å². The van der Waals surface area contributed by atoms with Gasteiger partial charge in [0.05, 0.1) is 40.8 Å². The van der Waals surface area contributed by atoms with Gasteiger partial charge in [-0.2, -0.15) is 0 Å². The average Bonchev–Trinajstić information content (AvgIpc) is 3.47. The number of carbonyl (C=O) groups is 1. The summed E-state index contributed by atoms with van der Waals surface area (Å²) in [6.45, 7) is 3.46. The van der Waals surface area contributed by atoms with Crippen LogP contribution in [0.15, 0.2) is 53.6 Å². The number of anilines is 2. The highest BCUT2D eigenvalue weighted by Gasteiger charge is 2.29. The number of hydrogen-bond acceptors (Lipinski definition) is 9. The Bertz CT molecular complexity index is 1680. The fourth-order valence-corrected chi connectivity index (χ4v) is 5.63. The van der Waals surface area contributed by atoms with Crippen LogP contribution in [0.25, 0.3) is 16.6 Å². The standard InChI is InChI=1S/C30H30Cl3N5O5/c1-2-42-30(41)21-16-38(18-6-9-27(35-15-18)34-10-4-12-39)24-14-25(23(32)13-20(24)28(21)40)37-11-3-5-19(37)17-43-29-22(31)7-8-26(33)36-29/h6-9,13-16,19,39H,2-5,10-12,17H2,1H3,(H,34,35)/t19-/m1/s1. The van der Waals surface area contributed by atoms with E-state index in [1.54, 1.807) is 42.0 Å². The van der Waals surface area contributed by atoms with Crippen molar-refractivity contribution in [3.8, 4) is 11.6 Å². The number of halogens is 3. The lowest BCUT2D eigenvalue weighted by Crippen LogP contribution is -2.34. The Morgan fingerprint density at radius 1 is 1.16 bits per heavy atom. The summed E-state index contributed by atoms with van der Waals surface area (Å²) < 4.78 is 12.9. The molecule has 1 atom stereocenters. The zero-order chi connectivity index (χ0) is 30.5. The average molecular weight is 647 g/mol. The van der Waals surface area contributed by atoms with Crippen molar-refractivity contribution < 1.29 is 19.4 Å². The lowest BCUT2D eigenvalue weighted by molar-refractivity contribution is 0.0524. The Hall–Kier alpha value is -3.57.